The van der Waals surface area contributed by atoms with Crippen molar-refractivity contribution in [1.29, 1.82) is 0 Å². The van der Waals surface area contributed by atoms with E-state index in [1.165, 1.54) is 11.1 Å². The topological polar surface area (TPSA) is 12.0 Å². The predicted octanol–water partition coefficient (Wildman–Crippen LogP) is 5.15. The summed E-state index contributed by atoms with van der Waals surface area (Å²) in [6.45, 7) is 2.09. The van der Waals surface area contributed by atoms with Crippen molar-refractivity contribution in [1.82, 2.24) is 0 Å². The van der Waals surface area contributed by atoms with Gasteiger partial charge < -0.3 is 5.32 Å². The molecule has 3 rings (SSSR count). The van der Waals surface area contributed by atoms with Crippen molar-refractivity contribution in [2.75, 3.05) is 5.32 Å². The summed E-state index contributed by atoms with van der Waals surface area (Å²) in [5.41, 5.74) is 3.16. The second kappa shape index (κ2) is 5.45. The van der Waals surface area contributed by atoms with Crippen molar-refractivity contribution >= 4 is 17.3 Å². The van der Waals surface area contributed by atoms with E-state index in [1.54, 1.807) is 18.2 Å². The Labute approximate surface area is 123 Å². The SMILES string of the molecule is Cc1ccc(C2CC(Nc3cccc(Cl)c3F)C2)cc1. The van der Waals surface area contributed by atoms with Crippen LogP contribution < -0.4 is 5.32 Å². The average molecular weight is 290 g/mol. The molecule has 0 atom stereocenters. The van der Waals surface area contributed by atoms with Crippen LogP contribution in [0.25, 0.3) is 0 Å². The third kappa shape index (κ3) is 2.66. The molecular weight excluding hydrogens is 273 g/mol. The van der Waals surface area contributed by atoms with Gasteiger partial charge in [-0.2, -0.15) is 0 Å². The molecule has 1 aliphatic carbocycles. The van der Waals surface area contributed by atoms with Gasteiger partial charge in [0.15, 0.2) is 5.82 Å². The summed E-state index contributed by atoms with van der Waals surface area (Å²) >= 11 is 5.78. The summed E-state index contributed by atoms with van der Waals surface area (Å²) < 4.78 is 13.8. The first-order valence-electron chi connectivity index (χ1n) is 6.90. The molecule has 104 valence electrons. The standard InChI is InChI=1S/C17H17ClFN/c1-11-5-7-12(8-6-11)13-9-14(10-13)20-16-4-2-3-15(18)17(16)19/h2-8,13-14,20H,9-10H2,1H3. The van der Waals surface area contributed by atoms with Crippen LogP contribution in [0.5, 0.6) is 0 Å². The number of hydrogen-bond donors (Lipinski definition) is 1. The summed E-state index contributed by atoms with van der Waals surface area (Å²) in [7, 11) is 0. The van der Waals surface area contributed by atoms with Gasteiger partial charge in [-0.05, 0) is 43.4 Å². The minimum absolute atomic E-state index is 0.171. The van der Waals surface area contributed by atoms with Gasteiger partial charge in [0.05, 0.1) is 10.7 Å². The Kier molecular flexibility index (Phi) is 3.66. The molecule has 3 heteroatoms. The maximum absolute atomic E-state index is 13.8. The van der Waals surface area contributed by atoms with Gasteiger partial charge in [-0.25, -0.2) is 4.39 Å². The highest BCUT2D eigenvalue weighted by Gasteiger charge is 2.30. The lowest BCUT2D eigenvalue weighted by Gasteiger charge is -2.37. The lowest BCUT2D eigenvalue weighted by Crippen LogP contribution is -2.34. The van der Waals surface area contributed by atoms with Gasteiger partial charge in [-0.15, -0.1) is 0 Å². The minimum atomic E-state index is -0.354. The molecule has 20 heavy (non-hydrogen) atoms. The largest absolute Gasteiger partial charge is 0.380 e. The zero-order valence-corrected chi connectivity index (χ0v) is 12.1. The predicted molar refractivity (Wildman–Crippen MR) is 82.0 cm³/mol. The molecule has 1 aliphatic rings. The van der Waals surface area contributed by atoms with Crippen molar-refractivity contribution in [2.24, 2.45) is 0 Å². The zero-order valence-electron chi connectivity index (χ0n) is 11.4. The van der Waals surface area contributed by atoms with Gasteiger partial charge in [0.25, 0.3) is 0 Å². The maximum atomic E-state index is 13.8. The minimum Gasteiger partial charge on any atom is -0.380 e. The molecule has 0 spiro atoms. The van der Waals surface area contributed by atoms with Crippen molar-refractivity contribution in [3.8, 4) is 0 Å². The Morgan fingerprint density at radius 3 is 2.50 bits per heavy atom. The van der Waals surface area contributed by atoms with Crippen LogP contribution in [0.3, 0.4) is 0 Å². The average Bonchev–Trinajstić information content (AvgIpc) is 2.39. The molecule has 1 fully saturated rings. The van der Waals surface area contributed by atoms with E-state index in [1.807, 2.05) is 0 Å². The fourth-order valence-corrected chi connectivity index (χ4v) is 2.86. The van der Waals surface area contributed by atoms with Crippen molar-refractivity contribution in [2.45, 2.75) is 31.7 Å². The summed E-state index contributed by atoms with van der Waals surface area (Å²) in [4.78, 5) is 0. The highest BCUT2D eigenvalue weighted by atomic mass is 35.5. The molecule has 0 aliphatic heterocycles. The van der Waals surface area contributed by atoms with E-state index in [0.29, 0.717) is 17.6 Å². The first-order valence-corrected chi connectivity index (χ1v) is 7.28. The molecule has 0 radical (unpaired) electrons. The fourth-order valence-electron chi connectivity index (χ4n) is 2.68. The molecule has 1 saturated carbocycles. The van der Waals surface area contributed by atoms with Gasteiger partial charge in [-0.3, -0.25) is 0 Å². The first-order chi connectivity index (χ1) is 9.63. The smallest absolute Gasteiger partial charge is 0.164 e. The molecule has 0 heterocycles. The van der Waals surface area contributed by atoms with E-state index in [9.17, 15) is 4.39 Å². The molecule has 0 amide bonds. The van der Waals surface area contributed by atoms with Crippen LogP contribution in [0.1, 0.15) is 29.9 Å². The van der Waals surface area contributed by atoms with Crippen molar-refractivity contribution in [3.05, 3.63) is 64.4 Å². The van der Waals surface area contributed by atoms with Crippen molar-refractivity contribution in [3.63, 3.8) is 0 Å². The third-order valence-corrected chi connectivity index (χ3v) is 4.29. The van der Waals surface area contributed by atoms with E-state index in [0.717, 1.165) is 12.8 Å². The van der Waals surface area contributed by atoms with E-state index in [2.05, 4.69) is 36.5 Å². The number of aryl methyl sites for hydroxylation is 1. The van der Waals surface area contributed by atoms with Crippen LogP contribution in [-0.4, -0.2) is 6.04 Å². The van der Waals surface area contributed by atoms with Crippen LogP contribution in [0.4, 0.5) is 10.1 Å². The number of anilines is 1. The summed E-state index contributed by atoms with van der Waals surface area (Å²) in [6.07, 6.45) is 2.07. The van der Waals surface area contributed by atoms with Crippen LogP contribution in [0, 0.1) is 12.7 Å². The lowest BCUT2D eigenvalue weighted by atomic mass is 9.75. The van der Waals surface area contributed by atoms with E-state index >= 15 is 0 Å². The van der Waals surface area contributed by atoms with Crippen molar-refractivity contribution < 1.29 is 4.39 Å². The Balaban J connectivity index is 1.61. The highest BCUT2D eigenvalue weighted by Crippen LogP contribution is 2.39. The Morgan fingerprint density at radius 2 is 1.80 bits per heavy atom. The summed E-state index contributed by atoms with van der Waals surface area (Å²) in [5.74, 6) is 0.225. The molecule has 2 aromatic carbocycles. The number of hydrogen-bond acceptors (Lipinski definition) is 1. The van der Waals surface area contributed by atoms with Gasteiger partial charge in [0.1, 0.15) is 0 Å². The van der Waals surface area contributed by atoms with Gasteiger partial charge in [0, 0.05) is 6.04 Å². The normalized spacial score (nSPS) is 21.4. The Morgan fingerprint density at radius 1 is 1.10 bits per heavy atom. The summed E-state index contributed by atoms with van der Waals surface area (Å²) in [6, 6.07) is 14.1. The second-order valence-electron chi connectivity index (χ2n) is 5.52. The van der Waals surface area contributed by atoms with Crippen LogP contribution in [0.15, 0.2) is 42.5 Å². The molecule has 0 saturated heterocycles. The number of nitrogens with one attached hydrogen (secondary N) is 1. The number of benzene rings is 2. The maximum Gasteiger partial charge on any atom is 0.164 e. The number of rotatable bonds is 3. The number of halogens is 2. The second-order valence-corrected chi connectivity index (χ2v) is 5.93. The van der Waals surface area contributed by atoms with E-state index in [-0.39, 0.29) is 10.8 Å². The molecule has 0 unspecified atom stereocenters. The van der Waals surface area contributed by atoms with Gasteiger partial charge in [0.2, 0.25) is 0 Å². The molecule has 1 nitrogen and oxygen atoms in total. The lowest BCUT2D eigenvalue weighted by molar-refractivity contribution is 0.373. The fraction of sp³-hybridized carbons (Fsp3) is 0.294. The Bertz CT molecular complexity index is 603. The van der Waals surface area contributed by atoms with E-state index < -0.39 is 0 Å². The molecule has 0 bridgehead atoms. The zero-order chi connectivity index (χ0) is 14.1. The third-order valence-electron chi connectivity index (χ3n) is 4.00. The van der Waals surface area contributed by atoms with Crippen LogP contribution >= 0.6 is 11.6 Å². The van der Waals surface area contributed by atoms with Gasteiger partial charge >= 0.3 is 0 Å². The molecule has 0 aromatic heterocycles. The molecule has 1 N–H and O–H groups in total. The van der Waals surface area contributed by atoms with E-state index in [4.69, 9.17) is 11.6 Å². The Hall–Kier alpha value is -1.54. The molecular formula is C17H17ClFN. The first kappa shape index (κ1) is 13.4. The molecule has 2 aromatic rings. The summed E-state index contributed by atoms with van der Waals surface area (Å²) in [5, 5.41) is 3.41. The quantitative estimate of drug-likeness (QED) is 0.824. The van der Waals surface area contributed by atoms with Crippen LogP contribution in [-0.2, 0) is 0 Å². The monoisotopic (exact) mass is 289 g/mol. The van der Waals surface area contributed by atoms with Crippen LogP contribution in [0.2, 0.25) is 5.02 Å². The highest BCUT2D eigenvalue weighted by molar-refractivity contribution is 6.31. The van der Waals surface area contributed by atoms with Gasteiger partial charge in [-0.1, -0.05) is 47.5 Å².